The number of hydrogen-bond donors (Lipinski definition) is 1. The fraction of sp³-hybridized carbons (Fsp3) is 0.733. The van der Waals surface area contributed by atoms with Gasteiger partial charge in [0.1, 0.15) is 0 Å². The van der Waals surface area contributed by atoms with E-state index in [2.05, 4.69) is 35.7 Å². The van der Waals surface area contributed by atoms with Gasteiger partial charge in [0.15, 0.2) is 0 Å². The number of thiophene rings is 1. The van der Waals surface area contributed by atoms with Crippen molar-refractivity contribution in [1.82, 2.24) is 4.90 Å². The summed E-state index contributed by atoms with van der Waals surface area (Å²) >= 11 is 1.78. The van der Waals surface area contributed by atoms with E-state index in [0.29, 0.717) is 6.04 Å². The van der Waals surface area contributed by atoms with E-state index in [4.69, 9.17) is 5.73 Å². The van der Waals surface area contributed by atoms with Gasteiger partial charge in [-0.25, -0.2) is 0 Å². The van der Waals surface area contributed by atoms with Crippen molar-refractivity contribution in [1.29, 1.82) is 0 Å². The molecule has 1 saturated carbocycles. The first-order valence-corrected chi connectivity index (χ1v) is 8.06. The third-order valence-corrected chi connectivity index (χ3v) is 5.07. The maximum atomic E-state index is 6.04. The molecular weight excluding hydrogens is 240 g/mol. The van der Waals surface area contributed by atoms with E-state index in [0.717, 1.165) is 24.9 Å². The predicted octanol–water partition coefficient (Wildman–Crippen LogP) is 3.33. The van der Waals surface area contributed by atoms with Gasteiger partial charge in [-0.2, -0.15) is 11.3 Å². The van der Waals surface area contributed by atoms with Crippen LogP contribution in [-0.4, -0.2) is 24.5 Å². The Morgan fingerprint density at radius 3 is 2.94 bits per heavy atom. The number of rotatable bonds is 5. The highest BCUT2D eigenvalue weighted by Gasteiger charge is 2.28. The molecule has 102 valence electrons. The van der Waals surface area contributed by atoms with Crippen LogP contribution in [0.15, 0.2) is 16.8 Å². The Labute approximate surface area is 115 Å². The molecule has 0 aliphatic heterocycles. The molecule has 0 saturated heterocycles. The molecular formula is C15H26N2S. The fourth-order valence-corrected chi connectivity index (χ4v) is 4.01. The zero-order valence-electron chi connectivity index (χ0n) is 11.6. The zero-order valence-corrected chi connectivity index (χ0v) is 12.5. The highest BCUT2D eigenvalue weighted by molar-refractivity contribution is 7.07. The van der Waals surface area contributed by atoms with Crippen molar-refractivity contribution in [3.8, 4) is 0 Å². The molecule has 0 amide bonds. The summed E-state index contributed by atoms with van der Waals surface area (Å²) in [5, 5.41) is 4.40. The number of likely N-dealkylation sites (N-methyl/N-ethyl adjacent to an activating group) is 1. The first-order chi connectivity index (χ1) is 8.70. The minimum Gasteiger partial charge on any atom is -0.329 e. The summed E-state index contributed by atoms with van der Waals surface area (Å²) in [7, 11) is 2.23. The first kappa shape index (κ1) is 14.0. The van der Waals surface area contributed by atoms with Gasteiger partial charge in [-0.05, 0) is 54.1 Å². The third-order valence-electron chi connectivity index (χ3n) is 4.34. The van der Waals surface area contributed by atoms with Crippen molar-refractivity contribution in [3.63, 3.8) is 0 Å². The van der Waals surface area contributed by atoms with E-state index in [-0.39, 0.29) is 0 Å². The Morgan fingerprint density at radius 2 is 2.33 bits per heavy atom. The van der Waals surface area contributed by atoms with Crippen LogP contribution in [0, 0.1) is 11.8 Å². The second-order valence-electron chi connectivity index (χ2n) is 5.88. The Hall–Kier alpha value is -0.380. The van der Waals surface area contributed by atoms with Crippen LogP contribution in [0.4, 0.5) is 0 Å². The van der Waals surface area contributed by atoms with E-state index in [1.165, 1.54) is 31.2 Å². The first-order valence-electron chi connectivity index (χ1n) is 7.12. The van der Waals surface area contributed by atoms with Gasteiger partial charge in [0.25, 0.3) is 0 Å². The maximum absolute atomic E-state index is 6.04. The Balaban J connectivity index is 1.94. The Bertz CT molecular complexity index is 336. The number of nitrogens with two attached hydrogens (primary N) is 1. The molecule has 1 aromatic rings. The largest absolute Gasteiger partial charge is 0.329 e. The molecule has 1 heterocycles. The lowest BCUT2D eigenvalue weighted by Crippen LogP contribution is -2.44. The fourth-order valence-electron chi connectivity index (χ4n) is 3.35. The van der Waals surface area contributed by atoms with Crippen LogP contribution < -0.4 is 5.73 Å². The Kier molecular flexibility index (Phi) is 5.22. The minimum atomic E-state index is 0.549. The lowest BCUT2D eigenvalue weighted by molar-refractivity contribution is 0.125. The molecule has 1 fully saturated rings. The summed E-state index contributed by atoms with van der Waals surface area (Å²) in [6.45, 7) is 4.22. The normalized spacial score (nSPS) is 26.4. The van der Waals surface area contributed by atoms with Gasteiger partial charge in [0.2, 0.25) is 0 Å². The summed E-state index contributed by atoms with van der Waals surface area (Å²) in [4.78, 5) is 2.46. The van der Waals surface area contributed by atoms with Gasteiger partial charge in [0, 0.05) is 19.1 Å². The molecule has 3 unspecified atom stereocenters. The smallest absolute Gasteiger partial charge is 0.0247 e. The predicted molar refractivity (Wildman–Crippen MR) is 79.8 cm³/mol. The van der Waals surface area contributed by atoms with Gasteiger partial charge in [-0.15, -0.1) is 0 Å². The molecule has 0 aromatic carbocycles. The van der Waals surface area contributed by atoms with Crippen LogP contribution in [0.1, 0.15) is 38.2 Å². The SMILES string of the molecule is CC1CCCC(C(CN)N(C)Cc2ccsc2)C1. The summed E-state index contributed by atoms with van der Waals surface area (Å²) in [5.41, 5.74) is 7.46. The molecule has 1 aliphatic carbocycles. The topological polar surface area (TPSA) is 29.3 Å². The van der Waals surface area contributed by atoms with Gasteiger partial charge in [-0.1, -0.05) is 19.8 Å². The van der Waals surface area contributed by atoms with Crippen LogP contribution in [-0.2, 0) is 6.54 Å². The molecule has 1 aliphatic rings. The van der Waals surface area contributed by atoms with Crippen molar-refractivity contribution >= 4 is 11.3 Å². The van der Waals surface area contributed by atoms with Crippen LogP contribution >= 0.6 is 11.3 Å². The molecule has 1 aromatic heterocycles. The van der Waals surface area contributed by atoms with Crippen LogP contribution in [0.25, 0.3) is 0 Å². The average molecular weight is 266 g/mol. The van der Waals surface area contributed by atoms with Crippen molar-refractivity contribution in [2.24, 2.45) is 17.6 Å². The van der Waals surface area contributed by atoms with Crippen LogP contribution in [0.2, 0.25) is 0 Å². The van der Waals surface area contributed by atoms with Gasteiger partial charge in [0.05, 0.1) is 0 Å². The van der Waals surface area contributed by atoms with E-state index in [1.807, 2.05) is 0 Å². The van der Waals surface area contributed by atoms with Crippen molar-refractivity contribution in [2.75, 3.05) is 13.6 Å². The molecule has 18 heavy (non-hydrogen) atoms. The molecule has 2 nitrogen and oxygen atoms in total. The highest BCUT2D eigenvalue weighted by Crippen LogP contribution is 2.32. The second-order valence-corrected chi connectivity index (χ2v) is 6.66. The maximum Gasteiger partial charge on any atom is 0.0247 e. The number of nitrogens with zero attached hydrogens (tertiary/aromatic N) is 1. The zero-order chi connectivity index (χ0) is 13.0. The van der Waals surface area contributed by atoms with E-state index in [9.17, 15) is 0 Å². The molecule has 3 atom stereocenters. The monoisotopic (exact) mass is 266 g/mol. The van der Waals surface area contributed by atoms with Crippen molar-refractivity contribution in [3.05, 3.63) is 22.4 Å². The molecule has 2 rings (SSSR count). The molecule has 3 heteroatoms. The number of hydrogen-bond acceptors (Lipinski definition) is 3. The van der Waals surface area contributed by atoms with Crippen LogP contribution in [0.5, 0.6) is 0 Å². The highest BCUT2D eigenvalue weighted by atomic mass is 32.1. The average Bonchev–Trinajstić information content (AvgIpc) is 2.83. The summed E-state index contributed by atoms with van der Waals surface area (Å²) in [6, 6.07) is 2.77. The molecule has 2 N–H and O–H groups in total. The van der Waals surface area contributed by atoms with Crippen molar-refractivity contribution < 1.29 is 0 Å². The standard InChI is InChI=1S/C15H26N2S/c1-12-4-3-5-14(8-12)15(9-16)17(2)10-13-6-7-18-11-13/h6-7,11-12,14-15H,3-5,8-10,16H2,1-2H3. The lowest BCUT2D eigenvalue weighted by Gasteiger charge is -2.38. The molecule has 0 spiro atoms. The van der Waals surface area contributed by atoms with Gasteiger partial charge < -0.3 is 5.73 Å². The lowest BCUT2D eigenvalue weighted by atomic mass is 9.78. The molecule has 0 radical (unpaired) electrons. The summed E-state index contributed by atoms with van der Waals surface area (Å²) < 4.78 is 0. The van der Waals surface area contributed by atoms with Crippen LogP contribution in [0.3, 0.4) is 0 Å². The summed E-state index contributed by atoms with van der Waals surface area (Å²) in [5.74, 6) is 1.68. The second kappa shape index (κ2) is 6.69. The minimum absolute atomic E-state index is 0.549. The van der Waals surface area contributed by atoms with E-state index < -0.39 is 0 Å². The van der Waals surface area contributed by atoms with Gasteiger partial charge in [-0.3, -0.25) is 4.90 Å². The van der Waals surface area contributed by atoms with Gasteiger partial charge >= 0.3 is 0 Å². The van der Waals surface area contributed by atoms with E-state index in [1.54, 1.807) is 11.3 Å². The summed E-state index contributed by atoms with van der Waals surface area (Å²) in [6.07, 6.45) is 5.51. The van der Waals surface area contributed by atoms with E-state index >= 15 is 0 Å². The third kappa shape index (κ3) is 3.56. The Morgan fingerprint density at radius 1 is 1.50 bits per heavy atom. The van der Waals surface area contributed by atoms with Crippen molar-refractivity contribution in [2.45, 2.75) is 45.2 Å². The molecule has 0 bridgehead atoms. The quantitative estimate of drug-likeness (QED) is 0.885.